The number of rotatable bonds is 3. The number of carbonyl (C=O) groups excluding carboxylic acids is 1. The third-order valence-electron chi connectivity index (χ3n) is 5.84. The van der Waals surface area contributed by atoms with E-state index in [-0.39, 0.29) is 11.7 Å². The molecule has 29 heavy (non-hydrogen) atoms. The second kappa shape index (κ2) is 6.92. The van der Waals surface area contributed by atoms with Crippen LogP contribution in [0.1, 0.15) is 65.0 Å². The average molecular weight is 402 g/mol. The molecule has 2 heterocycles. The van der Waals surface area contributed by atoms with E-state index in [1.54, 1.807) is 11.3 Å². The fourth-order valence-electron chi connectivity index (χ4n) is 4.26. The summed E-state index contributed by atoms with van der Waals surface area (Å²) in [4.78, 5) is 17.8. The van der Waals surface area contributed by atoms with Gasteiger partial charge in [0.25, 0.3) is 0 Å². The SMILES string of the molecule is Cc1nn(-c2nc3ccccc3s2)c2c1C(=O)CC(c1ccc(C(C)C)cc1)C2. The minimum Gasteiger partial charge on any atom is -0.294 e. The third kappa shape index (κ3) is 3.10. The van der Waals surface area contributed by atoms with Gasteiger partial charge in [-0.05, 0) is 48.4 Å². The maximum absolute atomic E-state index is 13.0. The Morgan fingerprint density at radius 1 is 1.07 bits per heavy atom. The molecule has 146 valence electrons. The highest BCUT2D eigenvalue weighted by molar-refractivity contribution is 7.20. The summed E-state index contributed by atoms with van der Waals surface area (Å²) in [5.41, 5.74) is 6.11. The summed E-state index contributed by atoms with van der Waals surface area (Å²) in [6.45, 7) is 6.33. The molecule has 5 heteroatoms. The van der Waals surface area contributed by atoms with E-state index in [0.717, 1.165) is 38.7 Å². The first-order valence-corrected chi connectivity index (χ1v) is 10.9. The minimum absolute atomic E-state index is 0.181. The smallest absolute Gasteiger partial charge is 0.211 e. The van der Waals surface area contributed by atoms with Crippen molar-refractivity contribution in [1.82, 2.24) is 14.8 Å². The summed E-state index contributed by atoms with van der Waals surface area (Å²) in [5, 5.41) is 5.55. The molecule has 0 radical (unpaired) electrons. The quantitative estimate of drug-likeness (QED) is 0.434. The van der Waals surface area contributed by atoms with Gasteiger partial charge < -0.3 is 0 Å². The van der Waals surface area contributed by atoms with Crippen LogP contribution in [0.4, 0.5) is 0 Å². The first-order chi connectivity index (χ1) is 14.0. The predicted octanol–water partition coefficient (Wildman–Crippen LogP) is 5.83. The summed E-state index contributed by atoms with van der Waals surface area (Å²) in [6.07, 6.45) is 1.35. The van der Waals surface area contributed by atoms with E-state index >= 15 is 0 Å². The normalized spacial score (nSPS) is 16.6. The summed E-state index contributed by atoms with van der Waals surface area (Å²) in [5.74, 6) is 0.876. The van der Waals surface area contributed by atoms with E-state index < -0.39 is 0 Å². The van der Waals surface area contributed by atoms with Crippen LogP contribution in [0.25, 0.3) is 15.3 Å². The number of benzene rings is 2. The van der Waals surface area contributed by atoms with Crippen LogP contribution in [0.15, 0.2) is 48.5 Å². The molecule has 0 spiro atoms. The summed E-state index contributed by atoms with van der Waals surface area (Å²) >= 11 is 1.62. The Morgan fingerprint density at radius 2 is 1.83 bits per heavy atom. The zero-order chi connectivity index (χ0) is 20.1. The predicted molar refractivity (Wildman–Crippen MR) is 117 cm³/mol. The van der Waals surface area contributed by atoms with Gasteiger partial charge in [0.15, 0.2) is 5.78 Å². The van der Waals surface area contributed by atoms with Gasteiger partial charge in [-0.15, -0.1) is 0 Å². The monoisotopic (exact) mass is 401 g/mol. The average Bonchev–Trinajstić information content (AvgIpc) is 3.29. The first-order valence-electron chi connectivity index (χ1n) is 10.1. The molecule has 2 aromatic carbocycles. The van der Waals surface area contributed by atoms with Gasteiger partial charge in [0, 0.05) is 6.42 Å². The van der Waals surface area contributed by atoms with Crippen molar-refractivity contribution in [3.8, 4) is 5.13 Å². The van der Waals surface area contributed by atoms with Crippen LogP contribution in [0.5, 0.6) is 0 Å². The molecule has 2 aromatic heterocycles. The number of fused-ring (bicyclic) bond motifs is 2. The molecule has 0 saturated heterocycles. The maximum atomic E-state index is 13.0. The lowest BCUT2D eigenvalue weighted by atomic mass is 9.81. The fourth-order valence-corrected chi connectivity index (χ4v) is 5.20. The Morgan fingerprint density at radius 3 is 2.55 bits per heavy atom. The molecule has 0 saturated carbocycles. The maximum Gasteiger partial charge on any atom is 0.211 e. The molecule has 4 nitrogen and oxygen atoms in total. The van der Waals surface area contributed by atoms with Crippen molar-refractivity contribution in [3.63, 3.8) is 0 Å². The van der Waals surface area contributed by atoms with Gasteiger partial charge in [0.1, 0.15) is 0 Å². The zero-order valence-corrected chi connectivity index (χ0v) is 17.7. The number of hydrogen-bond acceptors (Lipinski definition) is 4. The summed E-state index contributed by atoms with van der Waals surface area (Å²) in [7, 11) is 0. The van der Waals surface area contributed by atoms with Crippen LogP contribution in [0, 0.1) is 6.92 Å². The molecular formula is C24H23N3OS. The van der Waals surface area contributed by atoms with E-state index in [4.69, 9.17) is 10.1 Å². The molecule has 5 rings (SSSR count). The van der Waals surface area contributed by atoms with E-state index in [2.05, 4.69) is 44.2 Å². The number of aryl methyl sites for hydroxylation is 1. The van der Waals surface area contributed by atoms with Crippen LogP contribution in [0.2, 0.25) is 0 Å². The van der Waals surface area contributed by atoms with Gasteiger partial charge in [-0.25, -0.2) is 9.67 Å². The Hall–Kier alpha value is -2.79. The van der Waals surface area contributed by atoms with Gasteiger partial charge in [-0.3, -0.25) is 4.79 Å². The second-order valence-electron chi connectivity index (χ2n) is 8.13. The number of ketones is 1. The van der Waals surface area contributed by atoms with Crippen LogP contribution in [-0.4, -0.2) is 20.5 Å². The van der Waals surface area contributed by atoms with Gasteiger partial charge >= 0.3 is 0 Å². The lowest BCUT2D eigenvalue weighted by molar-refractivity contribution is 0.0963. The van der Waals surface area contributed by atoms with E-state index in [9.17, 15) is 4.79 Å². The molecule has 0 bridgehead atoms. The molecule has 1 aliphatic rings. The van der Waals surface area contributed by atoms with Gasteiger partial charge in [0.2, 0.25) is 5.13 Å². The molecule has 0 amide bonds. The Bertz CT molecular complexity index is 1180. The largest absolute Gasteiger partial charge is 0.294 e. The molecule has 1 unspecified atom stereocenters. The highest BCUT2D eigenvalue weighted by atomic mass is 32.1. The van der Waals surface area contributed by atoms with Gasteiger partial charge in [0.05, 0.1) is 27.2 Å². The highest BCUT2D eigenvalue weighted by Crippen LogP contribution is 2.36. The second-order valence-corrected chi connectivity index (χ2v) is 9.14. The van der Waals surface area contributed by atoms with E-state index in [0.29, 0.717) is 12.3 Å². The van der Waals surface area contributed by atoms with Crippen molar-refractivity contribution in [2.45, 2.75) is 45.4 Å². The molecule has 4 aromatic rings. The summed E-state index contributed by atoms with van der Waals surface area (Å²) in [6, 6.07) is 16.9. The van der Waals surface area contributed by atoms with Crippen molar-refractivity contribution in [2.24, 2.45) is 0 Å². The Balaban J connectivity index is 1.56. The van der Waals surface area contributed by atoms with E-state index in [1.807, 2.05) is 29.8 Å². The highest BCUT2D eigenvalue weighted by Gasteiger charge is 2.32. The molecule has 0 fully saturated rings. The lowest BCUT2D eigenvalue weighted by Crippen LogP contribution is -2.20. The Kier molecular flexibility index (Phi) is 4.36. The molecule has 1 aliphatic carbocycles. The van der Waals surface area contributed by atoms with Crippen LogP contribution < -0.4 is 0 Å². The standard InChI is InChI=1S/C24H23N3OS/c1-14(2)16-8-10-17(11-9-16)18-12-20-23(21(28)13-18)15(3)26-27(20)24-25-19-6-4-5-7-22(19)29-24/h4-11,14,18H,12-13H2,1-3H3. The van der Waals surface area contributed by atoms with Gasteiger partial charge in [-0.2, -0.15) is 5.10 Å². The van der Waals surface area contributed by atoms with Crippen molar-refractivity contribution in [2.75, 3.05) is 0 Å². The first kappa shape index (κ1) is 18.3. The number of para-hydroxylation sites is 1. The molecule has 0 N–H and O–H groups in total. The van der Waals surface area contributed by atoms with Crippen LogP contribution >= 0.6 is 11.3 Å². The number of aromatic nitrogens is 3. The summed E-state index contributed by atoms with van der Waals surface area (Å²) < 4.78 is 3.04. The molecule has 0 aliphatic heterocycles. The zero-order valence-electron chi connectivity index (χ0n) is 16.8. The third-order valence-corrected chi connectivity index (χ3v) is 6.86. The van der Waals surface area contributed by atoms with Crippen molar-refractivity contribution in [1.29, 1.82) is 0 Å². The number of nitrogens with zero attached hydrogens (tertiary/aromatic N) is 3. The minimum atomic E-state index is 0.181. The number of carbonyl (C=O) groups is 1. The van der Waals surface area contributed by atoms with Crippen LogP contribution in [0.3, 0.4) is 0 Å². The lowest BCUT2D eigenvalue weighted by Gasteiger charge is -2.23. The van der Waals surface area contributed by atoms with E-state index in [1.165, 1.54) is 11.1 Å². The number of thiazole rings is 1. The van der Waals surface area contributed by atoms with Gasteiger partial charge in [-0.1, -0.05) is 61.6 Å². The number of hydrogen-bond donors (Lipinski definition) is 0. The van der Waals surface area contributed by atoms with Crippen molar-refractivity contribution >= 4 is 27.3 Å². The van der Waals surface area contributed by atoms with Crippen molar-refractivity contribution in [3.05, 3.63) is 76.6 Å². The molecular weight excluding hydrogens is 378 g/mol. The van der Waals surface area contributed by atoms with Crippen molar-refractivity contribution < 1.29 is 4.79 Å². The Labute approximate surface area is 174 Å². The molecule has 1 atom stereocenters. The number of Topliss-reactive ketones (excluding diaryl/α,β-unsaturated/α-hetero) is 1. The topological polar surface area (TPSA) is 47.8 Å². The van der Waals surface area contributed by atoms with Crippen LogP contribution in [-0.2, 0) is 6.42 Å². The fraction of sp³-hybridized carbons (Fsp3) is 0.292.